The number of fused-ring (bicyclic) bond motifs is 1. The van der Waals surface area contributed by atoms with Crippen LogP contribution in [0.3, 0.4) is 0 Å². The predicted molar refractivity (Wildman–Crippen MR) is 141 cm³/mol. The van der Waals surface area contributed by atoms with Gasteiger partial charge in [0.05, 0.1) is 31.8 Å². The molecule has 0 aromatic carbocycles. The summed E-state index contributed by atoms with van der Waals surface area (Å²) < 4.78 is 29.3. The number of amides is 2. The number of nitrogens with zero attached hydrogens (tertiary/aromatic N) is 2. The average molecular weight is 623 g/mol. The van der Waals surface area contributed by atoms with Crippen LogP contribution >= 0.6 is 0 Å². The highest BCUT2D eigenvalue weighted by molar-refractivity contribution is 5.76. The van der Waals surface area contributed by atoms with Crippen LogP contribution in [-0.4, -0.2) is 178 Å². The van der Waals surface area contributed by atoms with Crippen molar-refractivity contribution in [3.05, 3.63) is 0 Å². The zero-order valence-corrected chi connectivity index (χ0v) is 24.2. The Morgan fingerprint density at radius 2 is 1.33 bits per heavy atom. The summed E-state index contributed by atoms with van der Waals surface area (Å²) >= 11 is 0. The van der Waals surface area contributed by atoms with Gasteiger partial charge in [0, 0.05) is 27.9 Å². The molecule has 1 saturated carbocycles. The Kier molecular flexibility index (Phi) is 10.8. The number of aliphatic hydroxyl groups is 7. The smallest absolute Gasteiger partial charge is 0.287 e. The van der Waals surface area contributed by atoms with Gasteiger partial charge >= 0.3 is 0 Å². The van der Waals surface area contributed by atoms with Crippen molar-refractivity contribution in [3.63, 3.8) is 0 Å². The van der Waals surface area contributed by atoms with E-state index in [0.29, 0.717) is 0 Å². The van der Waals surface area contributed by atoms with Crippen LogP contribution in [0.1, 0.15) is 13.8 Å². The number of amidine groups is 1. The van der Waals surface area contributed by atoms with E-state index in [1.165, 1.54) is 6.92 Å². The van der Waals surface area contributed by atoms with E-state index >= 15 is 0 Å². The van der Waals surface area contributed by atoms with Gasteiger partial charge in [-0.05, 0) is 0 Å². The van der Waals surface area contributed by atoms with Gasteiger partial charge in [0.25, 0.3) is 6.02 Å². The van der Waals surface area contributed by atoms with Crippen molar-refractivity contribution in [3.8, 4) is 0 Å². The lowest BCUT2D eigenvalue weighted by Crippen LogP contribution is -2.69. The molecule has 2 saturated heterocycles. The van der Waals surface area contributed by atoms with Gasteiger partial charge in [-0.1, -0.05) is 0 Å². The maximum absolute atomic E-state index is 12.2. The first-order valence-corrected chi connectivity index (χ1v) is 14.0. The van der Waals surface area contributed by atoms with Crippen molar-refractivity contribution in [2.45, 2.75) is 99.5 Å². The third kappa shape index (κ3) is 6.74. The molecule has 3 fully saturated rings. The van der Waals surface area contributed by atoms with Gasteiger partial charge in [0.1, 0.15) is 67.0 Å². The molecule has 1 aliphatic carbocycles. The van der Waals surface area contributed by atoms with E-state index in [4.69, 9.17) is 23.7 Å². The lowest BCUT2D eigenvalue weighted by molar-refractivity contribution is -0.339. The van der Waals surface area contributed by atoms with Gasteiger partial charge in [0.15, 0.2) is 12.6 Å². The van der Waals surface area contributed by atoms with Crippen LogP contribution in [0.2, 0.25) is 0 Å². The SMILES string of the molecule is CC(=O)N[C@H]1[C@H](O[C@H]2[C@H](O)[C@@H](NC(C)=O)[C@H](O[C@H]3[C@H](O)[C@H]4N=C(N(C)C)O[C@H]4[C@@H]3CO)O[C@@H]2CO)O[C@H](CO)[C@@H](O)[C@H]1O. The van der Waals surface area contributed by atoms with Gasteiger partial charge in [-0.3, -0.25) is 9.59 Å². The van der Waals surface area contributed by atoms with Crippen LogP contribution < -0.4 is 10.6 Å². The maximum Gasteiger partial charge on any atom is 0.287 e. The van der Waals surface area contributed by atoms with E-state index in [9.17, 15) is 45.3 Å². The Morgan fingerprint density at radius 1 is 0.791 bits per heavy atom. The summed E-state index contributed by atoms with van der Waals surface area (Å²) in [5, 5.41) is 78.3. The average Bonchev–Trinajstić information content (AvgIpc) is 3.49. The number of carbonyl (C=O) groups is 2. The first-order chi connectivity index (χ1) is 20.3. The highest BCUT2D eigenvalue weighted by Gasteiger charge is 2.58. The fourth-order valence-electron chi connectivity index (χ4n) is 5.91. The van der Waals surface area contributed by atoms with Gasteiger partial charge in [-0.2, -0.15) is 0 Å². The van der Waals surface area contributed by atoms with E-state index in [-0.39, 0.29) is 6.02 Å². The third-order valence-electron chi connectivity index (χ3n) is 8.02. The molecule has 43 heavy (non-hydrogen) atoms. The van der Waals surface area contributed by atoms with Crippen molar-refractivity contribution in [2.75, 3.05) is 33.9 Å². The number of hydrogen-bond donors (Lipinski definition) is 9. The molecular weight excluding hydrogens is 580 g/mol. The molecule has 3 aliphatic heterocycles. The number of aliphatic imine (C=N–C) groups is 1. The molecular formula is C25H42N4O14. The Balaban J connectivity index is 1.57. The second-order valence-electron chi connectivity index (χ2n) is 11.3. The second kappa shape index (κ2) is 13.8. The molecule has 0 radical (unpaired) electrons. The predicted octanol–water partition coefficient (Wildman–Crippen LogP) is -6.05. The fraction of sp³-hybridized carbons (Fsp3) is 0.880. The molecule has 0 aromatic heterocycles. The quantitative estimate of drug-likeness (QED) is 0.116. The number of ether oxygens (including phenoxy) is 5. The minimum atomic E-state index is -1.67. The fourth-order valence-corrected chi connectivity index (χ4v) is 5.91. The minimum absolute atomic E-state index is 0.273. The van der Waals surface area contributed by atoms with Gasteiger partial charge in [0.2, 0.25) is 11.8 Å². The van der Waals surface area contributed by atoms with Crippen molar-refractivity contribution in [1.29, 1.82) is 0 Å². The highest BCUT2D eigenvalue weighted by Crippen LogP contribution is 2.39. The topological polar surface area (TPSA) is 262 Å². The zero-order chi connectivity index (χ0) is 31.7. The zero-order valence-electron chi connectivity index (χ0n) is 24.2. The summed E-state index contributed by atoms with van der Waals surface area (Å²) in [5.74, 6) is -1.99. The van der Waals surface area contributed by atoms with Gasteiger partial charge in [-0.15, -0.1) is 0 Å². The van der Waals surface area contributed by atoms with Crippen LogP contribution in [0.4, 0.5) is 0 Å². The van der Waals surface area contributed by atoms with Crippen molar-refractivity contribution >= 4 is 17.8 Å². The summed E-state index contributed by atoms with van der Waals surface area (Å²) in [6, 6.07) is -3.21. The van der Waals surface area contributed by atoms with E-state index in [1.807, 2.05) is 0 Å². The van der Waals surface area contributed by atoms with Gasteiger partial charge in [-0.25, -0.2) is 4.99 Å². The van der Waals surface area contributed by atoms with Crippen molar-refractivity contribution < 1.29 is 69.0 Å². The molecule has 9 N–H and O–H groups in total. The van der Waals surface area contributed by atoms with Crippen LogP contribution in [-0.2, 0) is 33.3 Å². The Hall–Kier alpha value is -2.23. The van der Waals surface area contributed by atoms with Crippen LogP contribution in [0, 0.1) is 5.92 Å². The molecule has 0 spiro atoms. The van der Waals surface area contributed by atoms with E-state index in [1.54, 1.807) is 19.0 Å². The summed E-state index contributed by atoms with van der Waals surface area (Å²) in [7, 11) is 3.42. The molecule has 4 aliphatic rings. The maximum atomic E-state index is 12.2. The number of rotatable bonds is 9. The molecule has 3 heterocycles. The lowest BCUT2D eigenvalue weighted by atomic mass is 9.94. The standard InChI is InChI=1S/C25H42N4O14/c1-8(33)26-14-17(36)16(35)11(6-31)39-23(14)42-22-12(7-32)40-24(15(19(22)38)27-9(2)34)41-21-10(5-30)20-13(18(21)37)28-25(43-20)29(3)4/h10-24,30-32,35-38H,5-7H2,1-4H3,(H,26,33)(H,27,34)/t10-,11+,12+,13+,14+,15+,16+,17-,18+,19+,20-,21+,22+,23-,24-/m0/s1. The molecule has 0 aromatic rings. The number of hydrogen-bond acceptors (Lipinski definition) is 16. The number of carbonyl (C=O) groups excluding carboxylic acids is 2. The summed E-state index contributed by atoms with van der Waals surface area (Å²) in [5.41, 5.74) is 0. The lowest BCUT2D eigenvalue weighted by Gasteiger charge is -2.48. The summed E-state index contributed by atoms with van der Waals surface area (Å²) in [4.78, 5) is 30.0. The number of aliphatic hydroxyl groups excluding tert-OH is 7. The Bertz CT molecular complexity index is 1020. The molecule has 4 rings (SSSR count). The third-order valence-corrected chi connectivity index (χ3v) is 8.02. The molecule has 2 amide bonds. The Labute approximate surface area is 247 Å². The van der Waals surface area contributed by atoms with E-state index in [0.717, 1.165) is 6.92 Å². The molecule has 0 unspecified atom stereocenters. The van der Waals surface area contributed by atoms with Crippen molar-refractivity contribution in [1.82, 2.24) is 15.5 Å². The van der Waals surface area contributed by atoms with Crippen LogP contribution in [0.25, 0.3) is 0 Å². The van der Waals surface area contributed by atoms with E-state index < -0.39 is 123 Å². The largest absolute Gasteiger partial charge is 0.459 e. The molecule has 18 heteroatoms. The minimum Gasteiger partial charge on any atom is -0.459 e. The molecule has 0 bridgehead atoms. The normalized spacial score (nSPS) is 44.3. The van der Waals surface area contributed by atoms with Gasteiger partial charge < -0.3 is 75.0 Å². The van der Waals surface area contributed by atoms with E-state index in [2.05, 4.69) is 15.6 Å². The second-order valence-corrected chi connectivity index (χ2v) is 11.3. The van der Waals surface area contributed by atoms with Crippen molar-refractivity contribution in [2.24, 2.45) is 10.9 Å². The first kappa shape index (κ1) is 33.7. The molecule has 246 valence electrons. The van der Waals surface area contributed by atoms with Crippen LogP contribution in [0.5, 0.6) is 0 Å². The first-order valence-electron chi connectivity index (χ1n) is 14.0. The number of nitrogens with one attached hydrogen (secondary N) is 2. The Morgan fingerprint density at radius 3 is 1.84 bits per heavy atom. The molecule has 18 nitrogen and oxygen atoms in total. The van der Waals surface area contributed by atoms with Crippen LogP contribution in [0.15, 0.2) is 4.99 Å². The summed E-state index contributed by atoms with van der Waals surface area (Å²) in [6.07, 6.45) is -15.2. The molecule has 15 atom stereocenters. The highest BCUT2D eigenvalue weighted by atomic mass is 16.7. The summed E-state index contributed by atoms with van der Waals surface area (Å²) in [6.45, 7) is 0.403. The monoisotopic (exact) mass is 622 g/mol.